The Morgan fingerprint density at radius 3 is 2.24 bits per heavy atom. The molecule has 0 saturated carbocycles. The summed E-state index contributed by atoms with van der Waals surface area (Å²) in [6, 6.07) is 15.9. The average Bonchev–Trinajstić information content (AvgIpc) is 3.43. The molecule has 0 aliphatic carbocycles. The van der Waals surface area contributed by atoms with Crippen LogP contribution in [0.1, 0.15) is 20.8 Å². The maximum absolute atomic E-state index is 13.2. The van der Waals surface area contributed by atoms with Crippen molar-refractivity contribution in [1.82, 2.24) is 14.9 Å². The van der Waals surface area contributed by atoms with E-state index in [1.54, 1.807) is 30.3 Å². The van der Waals surface area contributed by atoms with Crippen molar-refractivity contribution in [3.8, 4) is 22.8 Å². The highest BCUT2D eigenvalue weighted by molar-refractivity contribution is 7.89. The number of hydrogen-bond donors (Lipinski definition) is 1. The van der Waals surface area contributed by atoms with Crippen LogP contribution in [0.3, 0.4) is 0 Å². The van der Waals surface area contributed by atoms with Gasteiger partial charge in [0.2, 0.25) is 15.8 Å². The maximum Gasteiger partial charge on any atom is 0.258 e. The molecule has 2 heterocycles. The van der Waals surface area contributed by atoms with Crippen molar-refractivity contribution in [2.45, 2.75) is 31.7 Å². The summed E-state index contributed by atoms with van der Waals surface area (Å²) in [5.74, 6) is 0.450. The van der Waals surface area contributed by atoms with Crippen molar-refractivity contribution in [2.75, 3.05) is 0 Å². The van der Waals surface area contributed by atoms with E-state index in [4.69, 9.17) is 8.94 Å². The Hall–Kier alpha value is -3.56. The fourth-order valence-corrected chi connectivity index (χ4v) is 4.97. The summed E-state index contributed by atoms with van der Waals surface area (Å²) in [4.78, 5) is 4.55. The van der Waals surface area contributed by atoms with Crippen molar-refractivity contribution in [1.29, 1.82) is 0 Å². The maximum atomic E-state index is 13.2. The second-order valence-electron chi connectivity index (χ2n) is 8.55. The Labute approximate surface area is 195 Å². The lowest BCUT2D eigenvalue weighted by Gasteiger charge is -2.17. The van der Waals surface area contributed by atoms with Gasteiger partial charge in [-0.1, -0.05) is 25.1 Å². The second-order valence-corrected chi connectivity index (χ2v) is 10.3. The molecule has 0 bridgehead atoms. The highest BCUT2D eigenvalue weighted by Crippen LogP contribution is 2.33. The molecule has 1 atom stereocenters. The quantitative estimate of drug-likeness (QED) is 0.332. The van der Waals surface area contributed by atoms with Gasteiger partial charge in [0.15, 0.2) is 0 Å². The van der Waals surface area contributed by atoms with Crippen LogP contribution in [0.15, 0.2) is 74.5 Å². The number of halogens is 1. The Balaban J connectivity index is 1.49. The van der Waals surface area contributed by atoms with E-state index in [9.17, 15) is 12.8 Å². The van der Waals surface area contributed by atoms with Gasteiger partial charge in [-0.3, -0.25) is 0 Å². The van der Waals surface area contributed by atoms with Gasteiger partial charge >= 0.3 is 0 Å². The van der Waals surface area contributed by atoms with Gasteiger partial charge in [0.05, 0.1) is 4.90 Å². The molecular formula is C25H22FN3O4S. The van der Waals surface area contributed by atoms with Crippen molar-refractivity contribution < 1.29 is 21.7 Å². The number of nitrogens with zero attached hydrogens (tertiary/aromatic N) is 2. The topological polar surface area (TPSA) is 98.2 Å². The van der Waals surface area contributed by atoms with Gasteiger partial charge in [-0.05, 0) is 61.4 Å². The Morgan fingerprint density at radius 1 is 0.882 bits per heavy atom. The molecule has 2 aromatic heterocycles. The first-order valence-electron chi connectivity index (χ1n) is 10.8. The number of benzene rings is 3. The van der Waals surface area contributed by atoms with E-state index in [0.29, 0.717) is 28.1 Å². The summed E-state index contributed by atoms with van der Waals surface area (Å²) < 4.78 is 52.8. The Morgan fingerprint density at radius 2 is 1.53 bits per heavy atom. The van der Waals surface area contributed by atoms with Crippen molar-refractivity contribution >= 4 is 32.0 Å². The first-order valence-corrected chi connectivity index (χ1v) is 12.3. The molecule has 0 unspecified atom stereocenters. The van der Waals surface area contributed by atoms with Gasteiger partial charge in [-0.25, -0.2) is 17.5 Å². The first kappa shape index (κ1) is 22.2. The summed E-state index contributed by atoms with van der Waals surface area (Å²) in [6.07, 6.45) is 0. The van der Waals surface area contributed by atoms with E-state index >= 15 is 0 Å². The molecule has 7 nitrogen and oxygen atoms in total. The number of sulfonamides is 1. The molecule has 5 aromatic rings. The Bertz CT molecular complexity index is 1600. The van der Waals surface area contributed by atoms with Crippen LogP contribution < -0.4 is 4.72 Å². The van der Waals surface area contributed by atoms with E-state index in [1.807, 2.05) is 32.9 Å². The van der Waals surface area contributed by atoms with Gasteiger partial charge in [0, 0.05) is 34.0 Å². The minimum absolute atomic E-state index is 0.147. The van der Waals surface area contributed by atoms with Crippen LogP contribution in [0.2, 0.25) is 0 Å². The van der Waals surface area contributed by atoms with Crippen LogP contribution in [0.4, 0.5) is 4.39 Å². The molecule has 5 rings (SSSR count). The first-order chi connectivity index (χ1) is 16.2. The third-order valence-corrected chi connectivity index (χ3v) is 7.43. The van der Waals surface area contributed by atoms with Crippen LogP contribution in [0.25, 0.3) is 44.8 Å². The van der Waals surface area contributed by atoms with Gasteiger partial charge < -0.3 is 8.94 Å². The zero-order chi connectivity index (χ0) is 24.0. The largest absolute Gasteiger partial charge is 0.456 e. The summed E-state index contributed by atoms with van der Waals surface area (Å²) in [5.41, 5.74) is 2.31. The van der Waals surface area contributed by atoms with E-state index < -0.39 is 10.0 Å². The predicted octanol–water partition coefficient (Wildman–Crippen LogP) is 5.76. The SMILES string of the molecule is CC(C)[C@H](C)NS(=O)(=O)c1ccc2c(c1)oc1cc(-c3noc(-c4ccc(F)cc4)n3)ccc12. The molecule has 0 aliphatic heterocycles. The summed E-state index contributed by atoms with van der Waals surface area (Å²) in [5, 5.41) is 5.67. The number of nitrogens with one attached hydrogen (secondary N) is 1. The van der Waals surface area contributed by atoms with Crippen molar-refractivity contribution in [3.05, 3.63) is 66.5 Å². The molecular weight excluding hydrogens is 457 g/mol. The third kappa shape index (κ3) is 4.08. The van der Waals surface area contributed by atoms with E-state index in [0.717, 1.165) is 10.8 Å². The number of furan rings is 1. The molecule has 0 amide bonds. The molecule has 1 N–H and O–H groups in total. The predicted molar refractivity (Wildman–Crippen MR) is 127 cm³/mol. The number of aromatic nitrogens is 2. The molecule has 0 spiro atoms. The number of hydrogen-bond acceptors (Lipinski definition) is 6. The van der Waals surface area contributed by atoms with Crippen LogP contribution >= 0.6 is 0 Å². The highest BCUT2D eigenvalue weighted by Gasteiger charge is 2.21. The lowest BCUT2D eigenvalue weighted by Crippen LogP contribution is -2.36. The summed E-state index contributed by atoms with van der Waals surface area (Å²) in [6.45, 7) is 5.75. The average molecular weight is 480 g/mol. The van der Waals surface area contributed by atoms with Crippen LogP contribution in [0.5, 0.6) is 0 Å². The monoisotopic (exact) mass is 479 g/mol. The normalized spacial score (nSPS) is 13.2. The molecule has 3 aromatic carbocycles. The standard InChI is InChI=1S/C25H22FN3O4S/c1-14(2)15(3)29-34(30,31)19-9-11-21-20-10-6-17(12-22(20)32-23(21)13-19)24-27-25(33-28-24)16-4-7-18(26)8-5-16/h4-15,29H,1-3H3/t15-/m0/s1. The van der Waals surface area contributed by atoms with Gasteiger partial charge in [-0.15, -0.1) is 0 Å². The smallest absolute Gasteiger partial charge is 0.258 e. The van der Waals surface area contributed by atoms with E-state index in [2.05, 4.69) is 14.9 Å². The van der Waals surface area contributed by atoms with Gasteiger partial charge in [-0.2, -0.15) is 4.98 Å². The van der Waals surface area contributed by atoms with E-state index in [-0.39, 0.29) is 28.6 Å². The molecule has 174 valence electrons. The van der Waals surface area contributed by atoms with E-state index in [1.165, 1.54) is 18.2 Å². The van der Waals surface area contributed by atoms with Crippen LogP contribution in [-0.2, 0) is 10.0 Å². The van der Waals surface area contributed by atoms with Crippen molar-refractivity contribution in [2.24, 2.45) is 5.92 Å². The molecule has 0 saturated heterocycles. The molecule has 0 fully saturated rings. The van der Waals surface area contributed by atoms with Gasteiger partial charge in [0.25, 0.3) is 5.89 Å². The summed E-state index contributed by atoms with van der Waals surface area (Å²) >= 11 is 0. The van der Waals surface area contributed by atoms with Crippen LogP contribution in [-0.4, -0.2) is 24.6 Å². The number of rotatable bonds is 6. The molecule has 9 heteroatoms. The van der Waals surface area contributed by atoms with Crippen molar-refractivity contribution in [3.63, 3.8) is 0 Å². The second kappa shape index (κ2) is 8.34. The zero-order valence-electron chi connectivity index (χ0n) is 18.7. The number of fused-ring (bicyclic) bond motifs is 3. The summed E-state index contributed by atoms with van der Waals surface area (Å²) in [7, 11) is -3.68. The zero-order valence-corrected chi connectivity index (χ0v) is 19.6. The molecule has 0 radical (unpaired) electrons. The fraction of sp³-hybridized carbons (Fsp3) is 0.200. The molecule has 34 heavy (non-hydrogen) atoms. The minimum atomic E-state index is -3.68. The third-order valence-electron chi connectivity index (χ3n) is 5.87. The molecule has 0 aliphatic rings. The van der Waals surface area contributed by atoms with Gasteiger partial charge in [0.1, 0.15) is 17.0 Å². The highest BCUT2D eigenvalue weighted by atomic mass is 32.2. The fourth-order valence-electron chi connectivity index (χ4n) is 3.56. The minimum Gasteiger partial charge on any atom is -0.456 e. The lowest BCUT2D eigenvalue weighted by molar-refractivity contribution is 0.432. The van der Waals surface area contributed by atoms with Crippen LogP contribution in [0, 0.1) is 11.7 Å². The Kier molecular flexibility index (Phi) is 5.45. The lowest BCUT2D eigenvalue weighted by atomic mass is 10.1.